The molecule has 102 valence electrons. The van der Waals surface area contributed by atoms with Gasteiger partial charge in [-0.25, -0.2) is 4.98 Å². The van der Waals surface area contributed by atoms with Crippen molar-refractivity contribution in [3.05, 3.63) is 57.3 Å². The van der Waals surface area contributed by atoms with Crippen LogP contribution >= 0.6 is 0 Å². The van der Waals surface area contributed by atoms with Crippen molar-refractivity contribution in [2.75, 3.05) is 0 Å². The minimum Gasteiger partial charge on any atom is -0.482 e. The number of aryl methyl sites for hydroxylation is 1. The fraction of sp³-hybridized carbons (Fsp3) is 0.375. The van der Waals surface area contributed by atoms with Crippen molar-refractivity contribution in [3.63, 3.8) is 0 Å². The van der Waals surface area contributed by atoms with Gasteiger partial charge in [-0.1, -0.05) is 18.2 Å². The van der Waals surface area contributed by atoms with Crippen LogP contribution < -0.4 is 10.3 Å². The van der Waals surface area contributed by atoms with Crippen LogP contribution in [-0.4, -0.2) is 9.97 Å². The Kier molecular flexibility index (Phi) is 2.62. The summed E-state index contributed by atoms with van der Waals surface area (Å²) < 4.78 is 5.91. The number of hydrogen-bond acceptors (Lipinski definition) is 3. The highest BCUT2D eigenvalue weighted by Crippen LogP contribution is 2.35. The molecule has 4 nitrogen and oxygen atoms in total. The lowest BCUT2D eigenvalue weighted by molar-refractivity contribution is 0.226. The number of H-pyrrole nitrogens is 1. The zero-order valence-corrected chi connectivity index (χ0v) is 11.2. The normalized spacial score (nSPS) is 20.1. The summed E-state index contributed by atoms with van der Waals surface area (Å²) in [6.45, 7) is 0. The molecule has 0 radical (unpaired) electrons. The highest BCUT2D eigenvalue weighted by Gasteiger charge is 2.27. The summed E-state index contributed by atoms with van der Waals surface area (Å²) in [7, 11) is 0. The number of benzene rings is 1. The Morgan fingerprint density at radius 3 is 2.95 bits per heavy atom. The van der Waals surface area contributed by atoms with Crippen LogP contribution in [0.2, 0.25) is 0 Å². The van der Waals surface area contributed by atoms with Crippen molar-refractivity contribution in [2.45, 2.75) is 38.2 Å². The molecule has 0 bridgehead atoms. The molecule has 0 saturated heterocycles. The van der Waals surface area contributed by atoms with Crippen LogP contribution in [0, 0.1) is 0 Å². The minimum absolute atomic E-state index is 0.0178. The van der Waals surface area contributed by atoms with E-state index in [0.29, 0.717) is 5.82 Å². The van der Waals surface area contributed by atoms with Gasteiger partial charge in [-0.2, -0.15) is 0 Å². The number of nitrogens with zero attached hydrogens (tertiary/aromatic N) is 1. The van der Waals surface area contributed by atoms with Crippen LogP contribution in [0.4, 0.5) is 0 Å². The molecule has 0 fully saturated rings. The summed E-state index contributed by atoms with van der Waals surface area (Å²) in [4.78, 5) is 19.7. The number of nitrogens with one attached hydrogen (secondary N) is 1. The van der Waals surface area contributed by atoms with Crippen molar-refractivity contribution in [1.29, 1.82) is 0 Å². The lowest BCUT2D eigenvalue weighted by Gasteiger charge is -2.16. The van der Waals surface area contributed by atoms with E-state index in [1.807, 2.05) is 18.2 Å². The second-order valence-electron chi connectivity index (χ2n) is 5.50. The maximum atomic E-state index is 12.2. The Balaban J connectivity index is 1.71. The number of hydrogen-bond donors (Lipinski definition) is 1. The van der Waals surface area contributed by atoms with Gasteiger partial charge >= 0.3 is 0 Å². The molecule has 1 aromatic carbocycles. The smallest absolute Gasteiger partial charge is 0.254 e. The number of ether oxygens (including phenoxy) is 1. The molecule has 0 saturated carbocycles. The average Bonchev–Trinajstić information content (AvgIpc) is 2.91. The van der Waals surface area contributed by atoms with E-state index in [1.54, 1.807) is 0 Å². The lowest BCUT2D eigenvalue weighted by atomic mass is 9.97. The van der Waals surface area contributed by atoms with E-state index in [-0.39, 0.29) is 11.7 Å². The molecular formula is C16H16N2O2. The number of fused-ring (bicyclic) bond motifs is 2. The van der Waals surface area contributed by atoms with Gasteiger partial charge in [0.15, 0.2) is 11.9 Å². The maximum absolute atomic E-state index is 12.2. The van der Waals surface area contributed by atoms with E-state index in [0.717, 1.165) is 49.1 Å². The highest BCUT2D eigenvalue weighted by atomic mass is 16.5. The monoisotopic (exact) mass is 268 g/mol. The molecule has 1 aromatic heterocycles. The van der Waals surface area contributed by atoms with Crippen molar-refractivity contribution < 1.29 is 4.74 Å². The molecule has 1 aliphatic carbocycles. The van der Waals surface area contributed by atoms with Gasteiger partial charge in [0.05, 0.1) is 5.69 Å². The molecule has 4 rings (SSSR count). The Labute approximate surface area is 116 Å². The fourth-order valence-electron chi connectivity index (χ4n) is 3.11. The predicted molar refractivity (Wildman–Crippen MR) is 75.0 cm³/mol. The lowest BCUT2D eigenvalue weighted by Crippen LogP contribution is -2.25. The highest BCUT2D eigenvalue weighted by molar-refractivity contribution is 5.38. The first-order chi connectivity index (χ1) is 9.81. The van der Waals surface area contributed by atoms with Crippen molar-refractivity contribution in [3.8, 4) is 5.75 Å². The van der Waals surface area contributed by atoms with Crippen LogP contribution in [-0.2, 0) is 19.3 Å². The molecule has 0 spiro atoms. The quantitative estimate of drug-likeness (QED) is 0.863. The number of para-hydroxylation sites is 1. The summed E-state index contributed by atoms with van der Waals surface area (Å²) in [6.07, 6.45) is 4.58. The summed E-state index contributed by atoms with van der Waals surface area (Å²) in [5.74, 6) is 1.57. The molecule has 0 amide bonds. The zero-order chi connectivity index (χ0) is 13.5. The summed E-state index contributed by atoms with van der Waals surface area (Å²) in [5, 5.41) is 0. The van der Waals surface area contributed by atoms with E-state index in [1.165, 1.54) is 5.56 Å². The molecule has 1 unspecified atom stereocenters. The van der Waals surface area contributed by atoms with Gasteiger partial charge in [-0.15, -0.1) is 0 Å². The first-order valence-electron chi connectivity index (χ1n) is 7.18. The van der Waals surface area contributed by atoms with E-state index in [9.17, 15) is 4.79 Å². The van der Waals surface area contributed by atoms with Crippen LogP contribution in [0.5, 0.6) is 5.75 Å². The number of aromatic amines is 1. The van der Waals surface area contributed by atoms with E-state index in [4.69, 9.17) is 4.74 Å². The van der Waals surface area contributed by atoms with Gasteiger partial charge in [0.2, 0.25) is 0 Å². The molecule has 20 heavy (non-hydrogen) atoms. The molecule has 1 N–H and O–H groups in total. The largest absolute Gasteiger partial charge is 0.482 e. The predicted octanol–water partition coefficient (Wildman–Crippen LogP) is 2.32. The van der Waals surface area contributed by atoms with Gasteiger partial charge < -0.3 is 9.72 Å². The van der Waals surface area contributed by atoms with Gasteiger partial charge in [0, 0.05) is 12.0 Å². The van der Waals surface area contributed by atoms with Crippen molar-refractivity contribution in [2.24, 2.45) is 0 Å². The first-order valence-corrected chi connectivity index (χ1v) is 7.18. The summed E-state index contributed by atoms with van der Waals surface area (Å²) in [5.41, 5.74) is 3.03. The molecule has 4 heteroatoms. The summed E-state index contributed by atoms with van der Waals surface area (Å²) in [6, 6.07) is 8.00. The second kappa shape index (κ2) is 4.47. The van der Waals surface area contributed by atoms with E-state index >= 15 is 0 Å². The molecule has 2 aromatic rings. The molecule has 1 aliphatic heterocycles. The Hall–Kier alpha value is -2.10. The van der Waals surface area contributed by atoms with Crippen molar-refractivity contribution in [1.82, 2.24) is 9.97 Å². The van der Waals surface area contributed by atoms with Crippen LogP contribution in [0.1, 0.15) is 41.6 Å². The average molecular weight is 268 g/mol. The van der Waals surface area contributed by atoms with Gasteiger partial charge in [-0.3, -0.25) is 4.79 Å². The van der Waals surface area contributed by atoms with Crippen LogP contribution in [0.25, 0.3) is 0 Å². The third-order valence-electron chi connectivity index (χ3n) is 4.16. The maximum Gasteiger partial charge on any atom is 0.254 e. The number of aromatic nitrogens is 2. The van der Waals surface area contributed by atoms with Gasteiger partial charge in [-0.05, 0) is 37.3 Å². The standard InChI is InChI=1S/C16H16N2O2/c19-16-11-6-2-3-7-12(11)17-15(18-16)14-9-10-5-1-4-8-13(10)20-14/h1,4-5,8,14H,2-3,6-7,9H2,(H,17,18,19). The molecule has 1 atom stereocenters. The SMILES string of the molecule is O=c1[nH]c(C2Cc3ccccc3O2)nc2c1CCCC2. The number of rotatable bonds is 1. The summed E-state index contributed by atoms with van der Waals surface area (Å²) >= 11 is 0. The molecule has 2 heterocycles. The molecule has 2 aliphatic rings. The molecular weight excluding hydrogens is 252 g/mol. The van der Waals surface area contributed by atoms with Crippen LogP contribution in [0.15, 0.2) is 29.1 Å². The third kappa shape index (κ3) is 1.83. The first kappa shape index (κ1) is 11.7. The van der Waals surface area contributed by atoms with E-state index in [2.05, 4.69) is 16.0 Å². The Bertz CT molecular complexity index is 696. The van der Waals surface area contributed by atoms with Crippen LogP contribution in [0.3, 0.4) is 0 Å². The topological polar surface area (TPSA) is 55.0 Å². The second-order valence-corrected chi connectivity index (χ2v) is 5.50. The van der Waals surface area contributed by atoms with Gasteiger partial charge in [0.1, 0.15) is 5.75 Å². The third-order valence-corrected chi connectivity index (χ3v) is 4.16. The minimum atomic E-state index is -0.160. The van der Waals surface area contributed by atoms with Gasteiger partial charge in [0.25, 0.3) is 5.56 Å². The van der Waals surface area contributed by atoms with Crippen molar-refractivity contribution >= 4 is 0 Å². The Morgan fingerprint density at radius 1 is 1.20 bits per heavy atom. The fourth-order valence-corrected chi connectivity index (χ4v) is 3.11. The zero-order valence-electron chi connectivity index (χ0n) is 11.2. The Morgan fingerprint density at radius 2 is 2.05 bits per heavy atom. The van der Waals surface area contributed by atoms with E-state index < -0.39 is 0 Å².